The Kier molecular flexibility index (Phi) is 7.87. The minimum absolute atomic E-state index is 0.258. The van der Waals surface area contributed by atoms with Gasteiger partial charge in [-0.2, -0.15) is 4.31 Å². The van der Waals surface area contributed by atoms with Crippen molar-refractivity contribution in [3.63, 3.8) is 0 Å². The summed E-state index contributed by atoms with van der Waals surface area (Å²) in [6, 6.07) is 13.4. The zero-order valence-corrected chi connectivity index (χ0v) is 18.3. The summed E-state index contributed by atoms with van der Waals surface area (Å²) in [6.45, 7) is 3.85. The third-order valence-corrected chi connectivity index (χ3v) is 7.09. The van der Waals surface area contributed by atoms with E-state index >= 15 is 0 Å². The van der Waals surface area contributed by atoms with Gasteiger partial charge in [0, 0.05) is 24.3 Å². The molecule has 162 valence electrons. The third-order valence-electron chi connectivity index (χ3n) is 5.18. The highest BCUT2D eigenvalue weighted by atomic mass is 32.2. The van der Waals surface area contributed by atoms with Crippen LogP contribution in [0, 0.1) is 0 Å². The Morgan fingerprint density at radius 1 is 1.03 bits per heavy atom. The summed E-state index contributed by atoms with van der Waals surface area (Å²) >= 11 is 0. The molecule has 2 aromatic rings. The summed E-state index contributed by atoms with van der Waals surface area (Å²) < 4.78 is 33.0. The lowest BCUT2D eigenvalue weighted by Gasteiger charge is -2.20. The minimum atomic E-state index is -3.50. The Labute approximate surface area is 179 Å². The second-order valence-corrected chi connectivity index (χ2v) is 9.46. The Balaban J connectivity index is 1.65. The topological polar surface area (TPSA) is 75.7 Å². The van der Waals surface area contributed by atoms with Gasteiger partial charge >= 0.3 is 0 Å². The van der Waals surface area contributed by atoms with Crippen LogP contribution in [0.5, 0.6) is 5.75 Å². The number of amides is 1. The second-order valence-electron chi connectivity index (χ2n) is 7.53. The summed E-state index contributed by atoms with van der Waals surface area (Å²) in [4.78, 5) is 12.8. The number of rotatable bonds is 8. The number of unbranched alkanes of at least 4 members (excludes halogenated alkanes) is 1. The van der Waals surface area contributed by atoms with Crippen LogP contribution >= 0.6 is 0 Å². The van der Waals surface area contributed by atoms with Crippen molar-refractivity contribution in [3.8, 4) is 5.75 Å². The summed E-state index contributed by atoms with van der Waals surface area (Å²) in [5, 5.41) is 2.82. The molecule has 1 N–H and O–H groups in total. The fourth-order valence-corrected chi connectivity index (χ4v) is 4.92. The van der Waals surface area contributed by atoms with Crippen molar-refractivity contribution in [2.45, 2.75) is 50.3 Å². The minimum Gasteiger partial charge on any atom is -0.494 e. The molecule has 1 aliphatic heterocycles. The smallest absolute Gasteiger partial charge is 0.255 e. The lowest BCUT2D eigenvalue weighted by molar-refractivity contribution is 0.102. The maximum absolute atomic E-state index is 12.9. The van der Waals surface area contributed by atoms with Gasteiger partial charge in [0.15, 0.2) is 0 Å². The van der Waals surface area contributed by atoms with Gasteiger partial charge in [-0.3, -0.25) is 4.79 Å². The van der Waals surface area contributed by atoms with E-state index in [4.69, 9.17) is 4.74 Å². The van der Waals surface area contributed by atoms with E-state index in [1.807, 2.05) is 6.07 Å². The number of hydrogen-bond donors (Lipinski definition) is 1. The fraction of sp³-hybridized carbons (Fsp3) is 0.435. The first-order valence-corrected chi connectivity index (χ1v) is 12.1. The van der Waals surface area contributed by atoms with Crippen molar-refractivity contribution < 1.29 is 17.9 Å². The van der Waals surface area contributed by atoms with E-state index in [1.165, 1.54) is 0 Å². The van der Waals surface area contributed by atoms with Crippen molar-refractivity contribution in [1.82, 2.24) is 4.31 Å². The molecule has 0 saturated carbocycles. The van der Waals surface area contributed by atoms with Gasteiger partial charge in [-0.15, -0.1) is 0 Å². The molecule has 0 aliphatic carbocycles. The zero-order valence-electron chi connectivity index (χ0n) is 17.5. The number of nitrogens with one attached hydrogen (secondary N) is 1. The molecule has 6 nitrogen and oxygen atoms in total. The van der Waals surface area contributed by atoms with Crippen LogP contribution in [0.1, 0.15) is 55.8 Å². The van der Waals surface area contributed by atoms with Gasteiger partial charge in [-0.1, -0.05) is 32.3 Å². The number of nitrogens with zero attached hydrogens (tertiary/aromatic N) is 1. The van der Waals surface area contributed by atoms with E-state index in [0.717, 1.165) is 38.5 Å². The fourth-order valence-electron chi connectivity index (χ4n) is 3.41. The van der Waals surface area contributed by atoms with Crippen LogP contribution in [0.4, 0.5) is 5.69 Å². The number of benzene rings is 2. The highest BCUT2D eigenvalue weighted by Crippen LogP contribution is 2.22. The van der Waals surface area contributed by atoms with Gasteiger partial charge in [0.05, 0.1) is 11.5 Å². The van der Waals surface area contributed by atoms with E-state index in [2.05, 4.69) is 12.2 Å². The molecule has 1 saturated heterocycles. The average molecular weight is 431 g/mol. The van der Waals surface area contributed by atoms with Crippen LogP contribution in [0.15, 0.2) is 53.4 Å². The van der Waals surface area contributed by atoms with Crippen LogP contribution < -0.4 is 10.1 Å². The molecular formula is C23H30N2O4S. The number of ether oxygens (including phenoxy) is 1. The number of anilines is 1. The van der Waals surface area contributed by atoms with Crippen LogP contribution in [0.2, 0.25) is 0 Å². The van der Waals surface area contributed by atoms with E-state index in [1.54, 1.807) is 46.8 Å². The maximum atomic E-state index is 12.9. The quantitative estimate of drug-likeness (QED) is 0.617. The standard InChI is InChI=1S/C23H30N2O4S/c1-2-3-17-29-21-10-8-9-19(18-21)23(26)24-20-11-13-22(14-12-20)30(27,28)25-15-6-4-5-7-16-25/h8-14,18H,2-7,15-17H2,1H3,(H,24,26). The van der Waals surface area contributed by atoms with Crippen LogP contribution in [0.25, 0.3) is 0 Å². The highest BCUT2D eigenvalue weighted by molar-refractivity contribution is 7.89. The molecule has 1 heterocycles. The largest absolute Gasteiger partial charge is 0.494 e. The average Bonchev–Trinajstić information content (AvgIpc) is 3.05. The molecule has 1 amide bonds. The molecule has 1 fully saturated rings. The normalized spacial score (nSPS) is 15.4. The zero-order chi connectivity index (χ0) is 21.4. The van der Waals surface area contributed by atoms with Gasteiger partial charge in [-0.05, 0) is 61.7 Å². The monoisotopic (exact) mass is 430 g/mol. The van der Waals surface area contributed by atoms with Crippen LogP contribution in [-0.4, -0.2) is 38.3 Å². The molecule has 0 unspecified atom stereocenters. The maximum Gasteiger partial charge on any atom is 0.255 e. The Bertz CT molecular complexity index is 934. The van der Waals surface area contributed by atoms with Crippen molar-refractivity contribution in [1.29, 1.82) is 0 Å². The highest BCUT2D eigenvalue weighted by Gasteiger charge is 2.25. The van der Waals surface area contributed by atoms with Gasteiger partial charge in [-0.25, -0.2) is 8.42 Å². The first-order chi connectivity index (χ1) is 14.5. The molecule has 0 aromatic heterocycles. The summed E-state index contributed by atoms with van der Waals surface area (Å²) in [6.07, 6.45) is 5.94. The van der Waals surface area contributed by atoms with Gasteiger partial charge in [0.2, 0.25) is 10.0 Å². The summed E-state index contributed by atoms with van der Waals surface area (Å²) in [5.74, 6) is 0.397. The van der Waals surface area contributed by atoms with Crippen molar-refractivity contribution >= 4 is 21.6 Å². The molecular weight excluding hydrogens is 400 g/mol. The Morgan fingerprint density at radius 3 is 2.40 bits per heavy atom. The SMILES string of the molecule is CCCCOc1cccc(C(=O)Nc2ccc(S(=O)(=O)N3CCCCCC3)cc2)c1. The molecule has 0 bridgehead atoms. The van der Waals surface area contributed by atoms with E-state index in [0.29, 0.717) is 36.7 Å². The molecule has 0 radical (unpaired) electrons. The van der Waals surface area contributed by atoms with Crippen molar-refractivity contribution in [2.75, 3.05) is 25.0 Å². The predicted octanol–water partition coefficient (Wildman–Crippen LogP) is 4.68. The molecule has 0 spiro atoms. The summed E-state index contributed by atoms with van der Waals surface area (Å²) in [7, 11) is -3.50. The van der Waals surface area contributed by atoms with Crippen molar-refractivity contribution in [2.24, 2.45) is 0 Å². The first-order valence-electron chi connectivity index (χ1n) is 10.6. The number of carbonyl (C=O) groups is 1. The molecule has 2 aromatic carbocycles. The predicted molar refractivity (Wildman–Crippen MR) is 118 cm³/mol. The molecule has 3 rings (SSSR count). The lowest BCUT2D eigenvalue weighted by atomic mass is 10.2. The number of carbonyl (C=O) groups excluding carboxylic acids is 1. The third kappa shape index (κ3) is 5.83. The Morgan fingerprint density at radius 2 is 1.73 bits per heavy atom. The molecule has 1 aliphatic rings. The van der Waals surface area contributed by atoms with E-state index in [-0.39, 0.29) is 10.8 Å². The first kappa shape index (κ1) is 22.3. The number of hydrogen-bond acceptors (Lipinski definition) is 4. The second kappa shape index (κ2) is 10.6. The lowest BCUT2D eigenvalue weighted by Crippen LogP contribution is -2.31. The molecule has 0 atom stereocenters. The van der Waals surface area contributed by atoms with Gasteiger partial charge < -0.3 is 10.1 Å². The van der Waals surface area contributed by atoms with Gasteiger partial charge in [0.25, 0.3) is 5.91 Å². The van der Waals surface area contributed by atoms with Crippen molar-refractivity contribution in [3.05, 3.63) is 54.1 Å². The molecule has 30 heavy (non-hydrogen) atoms. The Hall–Kier alpha value is -2.38. The molecule has 7 heteroatoms. The van der Waals surface area contributed by atoms with Crippen LogP contribution in [-0.2, 0) is 10.0 Å². The van der Waals surface area contributed by atoms with Gasteiger partial charge in [0.1, 0.15) is 5.75 Å². The van der Waals surface area contributed by atoms with Crippen LogP contribution in [0.3, 0.4) is 0 Å². The van der Waals surface area contributed by atoms with E-state index < -0.39 is 10.0 Å². The number of sulfonamides is 1. The summed E-state index contributed by atoms with van der Waals surface area (Å²) in [5.41, 5.74) is 1.04. The van der Waals surface area contributed by atoms with E-state index in [9.17, 15) is 13.2 Å².